The monoisotopic (exact) mass is 213 g/mol. The van der Waals surface area contributed by atoms with Crippen molar-refractivity contribution >= 4 is 5.97 Å². The van der Waals surface area contributed by atoms with E-state index in [1.54, 1.807) is 0 Å². The summed E-state index contributed by atoms with van der Waals surface area (Å²) in [5.74, 6) is -0.231. The zero-order valence-electron chi connectivity index (χ0n) is 9.86. The fraction of sp³-hybridized carbons (Fsp3) is 0.900. The highest BCUT2D eigenvalue weighted by Gasteiger charge is 2.27. The van der Waals surface area contributed by atoms with E-state index in [1.165, 1.54) is 0 Å². The van der Waals surface area contributed by atoms with Crippen molar-refractivity contribution in [3.8, 4) is 0 Å². The van der Waals surface area contributed by atoms with Crippen LogP contribution in [0, 0.1) is 5.41 Å². The number of rotatable bonds is 5. The van der Waals surface area contributed by atoms with Crippen LogP contribution in [0.4, 0.5) is 0 Å². The minimum absolute atomic E-state index is 0.190. The summed E-state index contributed by atoms with van der Waals surface area (Å²) < 4.78 is 5.25. The van der Waals surface area contributed by atoms with Gasteiger partial charge < -0.3 is 4.74 Å². The molecule has 0 saturated carbocycles. The van der Waals surface area contributed by atoms with Gasteiger partial charge in [-0.1, -0.05) is 32.8 Å². The SMILES string of the molecule is CCCC(=O)O[C@@H](CN=[N+]=[N-])C(C)(C)C. The van der Waals surface area contributed by atoms with Crippen molar-refractivity contribution in [2.45, 2.75) is 46.6 Å². The van der Waals surface area contributed by atoms with Gasteiger partial charge in [0.25, 0.3) is 0 Å². The van der Waals surface area contributed by atoms with Gasteiger partial charge in [-0.2, -0.15) is 0 Å². The quantitative estimate of drug-likeness (QED) is 0.304. The molecule has 0 aromatic heterocycles. The minimum Gasteiger partial charge on any atom is -0.462 e. The molecule has 0 unspecified atom stereocenters. The fourth-order valence-electron chi connectivity index (χ4n) is 1.02. The molecule has 0 radical (unpaired) electrons. The number of nitrogens with zero attached hydrogens (tertiary/aromatic N) is 3. The third-order valence-corrected chi connectivity index (χ3v) is 2.00. The molecule has 0 fully saturated rings. The molecule has 0 saturated heterocycles. The largest absolute Gasteiger partial charge is 0.462 e. The lowest BCUT2D eigenvalue weighted by molar-refractivity contribution is -0.153. The highest BCUT2D eigenvalue weighted by atomic mass is 16.5. The molecule has 5 heteroatoms. The van der Waals surface area contributed by atoms with Gasteiger partial charge in [0.15, 0.2) is 0 Å². The fourth-order valence-corrected chi connectivity index (χ4v) is 1.02. The van der Waals surface area contributed by atoms with E-state index < -0.39 is 0 Å². The molecule has 0 aliphatic rings. The number of esters is 1. The first-order valence-corrected chi connectivity index (χ1v) is 5.12. The summed E-state index contributed by atoms with van der Waals surface area (Å²) in [5, 5.41) is 3.46. The van der Waals surface area contributed by atoms with E-state index in [2.05, 4.69) is 10.0 Å². The van der Waals surface area contributed by atoms with Crippen LogP contribution in [-0.4, -0.2) is 18.6 Å². The van der Waals surface area contributed by atoms with Crippen LogP contribution in [0.25, 0.3) is 10.4 Å². The Balaban J connectivity index is 4.37. The summed E-state index contributed by atoms with van der Waals surface area (Å²) in [6, 6.07) is 0. The first kappa shape index (κ1) is 13.8. The van der Waals surface area contributed by atoms with Gasteiger partial charge in [0, 0.05) is 11.3 Å². The molecule has 0 rings (SSSR count). The average molecular weight is 213 g/mol. The van der Waals surface area contributed by atoms with Crippen LogP contribution in [0.15, 0.2) is 5.11 Å². The minimum atomic E-state index is -0.354. The number of hydrogen-bond donors (Lipinski definition) is 0. The average Bonchev–Trinajstić information content (AvgIpc) is 2.10. The molecule has 0 bridgehead atoms. The predicted molar refractivity (Wildman–Crippen MR) is 58.3 cm³/mol. The number of carbonyl (C=O) groups is 1. The van der Waals surface area contributed by atoms with E-state index in [0.29, 0.717) is 6.42 Å². The topological polar surface area (TPSA) is 75.1 Å². The van der Waals surface area contributed by atoms with Crippen molar-refractivity contribution < 1.29 is 9.53 Å². The molecule has 5 nitrogen and oxygen atoms in total. The Labute approximate surface area is 90.4 Å². The molecule has 0 heterocycles. The molecule has 15 heavy (non-hydrogen) atoms. The Kier molecular flexibility index (Phi) is 5.79. The van der Waals surface area contributed by atoms with Gasteiger partial charge in [-0.15, -0.1) is 0 Å². The summed E-state index contributed by atoms with van der Waals surface area (Å²) in [6.07, 6.45) is 0.813. The van der Waals surface area contributed by atoms with Crippen molar-refractivity contribution in [1.82, 2.24) is 0 Å². The maximum atomic E-state index is 11.3. The standard InChI is InChI=1S/C10H19N3O2/c1-5-6-9(14)15-8(7-12-13-11)10(2,3)4/h8H,5-7H2,1-4H3/t8-/m0/s1. The van der Waals surface area contributed by atoms with E-state index in [1.807, 2.05) is 27.7 Å². The second-order valence-electron chi connectivity index (χ2n) is 4.51. The van der Waals surface area contributed by atoms with Gasteiger partial charge >= 0.3 is 5.97 Å². The van der Waals surface area contributed by atoms with Crippen molar-refractivity contribution in [2.24, 2.45) is 10.5 Å². The zero-order chi connectivity index (χ0) is 11.9. The maximum Gasteiger partial charge on any atom is 0.306 e. The lowest BCUT2D eigenvalue weighted by atomic mass is 9.89. The zero-order valence-corrected chi connectivity index (χ0v) is 9.86. The molecule has 0 aromatic carbocycles. The van der Waals surface area contributed by atoms with Gasteiger partial charge in [0.2, 0.25) is 0 Å². The number of azide groups is 1. The van der Waals surface area contributed by atoms with Crippen molar-refractivity contribution in [2.75, 3.05) is 6.54 Å². The van der Waals surface area contributed by atoms with Crippen LogP contribution in [0.3, 0.4) is 0 Å². The Morgan fingerprint density at radius 2 is 2.13 bits per heavy atom. The molecule has 0 spiro atoms. The van der Waals surface area contributed by atoms with Crippen LogP contribution in [0.2, 0.25) is 0 Å². The van der Waals surface area contributed by atoms with Gasteiger partial charge in [0.1, 0.15) is 6.10 Å². The van der Waals surface area contributed by atoms with Gasteiger partial charge in [-0.3, -0.25) is 4.79 Å². The molecule has 1 atom stereocenters. The number of carbonyl (C=O) groups excluding carboxylic acids is 1. The Morgan fingerprint density at radius 3 is 2.53 bits per heavy atom. The highest BCUT2D eigenvalue weighted by Crippen LogP contribution is 2.23. The normalized spacial score (nSPS) is 12.8. The van der Waals surface area contributed by atoms with Crippen molar-refractivity contribution in [1.29, 1.82) is 0 Å². The maximum absolute atomic E-state index is 11.3. The van der Waals surface area contributed by atoms with Crippen LogP contribution < -0.4 is 0 Å². The third-order valence-electron chi connectivity index (χ3n) is 2.00. The molecule has 0 amide bonds. The lowest BCUT2D eigenvalue weighted by Gasteiger charge is -2.29. The predicted octanol–water partition coefficient (Wildman–Crippen LogP) is 3.05. The summed E-state index contributed by atoms with van der Waals surface area (Å²) in [5.41, 5.74) is 8.03. The van der Waals surface area contributed by atoms with Crippen molar-refractivity contribution in [3.63, 3.8) is 0 Å². The molecule has 86 valence electrons. The first-order chi connectivity index (χ1) is 6.91. The van der Waals surface area contributed by atoms with E-state index >= 15 is 0 Å². The molecule has 0 aliphatic heterocycles. The lowest BCUT2D eigenvalue weighted by Crippen LogP contribution is -2.34. The van der Waals surface area contributed by atoms with Crippen LogP contribution >= 0.6 is 0 Å². The molecule has 0 aliphatic carbocycles. The van der Waals surface area contributed by atoms with Gasteiger partial charge in [-0.05, 0) is 17.4 Å². The van der Waals surface area contributed by atoms with Gasteiger partial charge in [0.05, 0.1) is 6.54 Å². The van der Waals surface area contributed by atoms with Crippen LogP contribution in [-0.2, 0) is 9.53 Å². The second-order valence-corrected chi connectivity index (χ2v) is 4.51. The molecule has 0 N–H and O–H groups in total. The van der Waals surface area contributed by atoms with E-state index in [4.69, 9.17) is 10.3 Å². The van der Waals surface area contributed by atoms with Gasteiger partial charge in [-0.25, -0.2) is 0 Å². The summed E-state index contributed by atoms with van der Waals surface area (Å²) in [4.78, 5) is 14.0. The molecule has 0 aromatic rings. The Bertz CT molecular complexity index is 252. The summed E-state index contributed by atoms with van der Waals surface area (Å²) in [7, 11) is 0. The summed E-state index contributed by atoms with van der Waals surface area (Å²) >= 11 is 0. The molecular formula is C10H19N3O2. The summed E-state index contributed by atoms with van der Waals surface area (Å²) in [6.45, 7) is 7.95. The van der Waals surface area contributed by atoms with Crippen LogP contribution in [0.1, 0.15) is 40.5 Å². The van der Waals surface area contributed by atoms with Crippen LogP contribution in [0.5, 0.6) is 0 Å². The highest BCUT2D eigenvalue weighted by molar-refractivity contribution is 5.69. The Morgan fingerprint density at radius 1 is 1.53 bits per heavy atom. The van der Waals surface area contributed by atoms with E-state index in [-0.39, 0.29) is 24.0 Å². The Hall–Kier alpha value is -1.22. The first-order valence-electron chi connectivity index (χ1n) is 5.12. The number of ether oxygens (including phenoxy) is 1. The third kappa shape index (κ3) is 5.96. The number of hydrogen-bond acceptors (Lipinski definition) is 3. The smallest absolute Gasteiger partial charge is 0.306 e. The van der Waals surface area contributed by atoms with Crippen molar-refractivity contribution in [3.05, 3.63) is 10.4 Å². The van der Waals surface area contributed by atoms with E-state index in [9.17, 15) is 4.79 Å². The second kappa shape index (κ2) is 6.30. The molecular weight excluding hydrogens is 194 g/mol. The van der Waals surface area contributed by atoms with E-state index in [0.717, 1.165) is 6.42 Å².